The van der Waals surface area contributed by atoms with Crippen molar-refractivity contribution >= 4 is 17.0 Å². The first kappa shape index (κ1) is 18.5. The lowest BCUT2D eigenvalue weighted by Crippen LogP contribution is -2.40. The molecule has 0 radical (unpaired) electrons. The molecule has 1 aromatic heterocycles. The largest absolute Gasteiger partial charge is 0.417 e. The number of H-pyrrole nitrogens is 1. The van der Waals surface area contributed by atoms with E-state index < -0.39 is 5.76 Å². The van der Waals surface area contributed by atoms with E-state index in [1.54, 1.807) is 18.2 Å². The molecule has 3 aromatic rings. The second-order valence-electron chi connectivity index (χ2n) is 6.97. The number of benzene rings is 2. The zero-order valence-electron chi connectivity index (χ0n) is 15.5. The molecule has 2 N–H and O–H groups in total. The minimum atomic E-state index is -0.570. The zero-order valence-corrected chi connectivity index (χ0v) is 15.5. The number of hydrogen-bond acceptors (Lipinski definition) is 5. The van der Waals surface area contributed by atoms with Crippen LogP contribution in [0.1, 0.15) is 22.3 Å². The van der Waals surface area contributed by atoms with E-state index in [1.807, 2.05) is 18.2 Å². The number of ether oxygens (including phenoxy) is 1. The molecule has 146 valence electrons. The molecule has 1 aliphatic heterocycles. The van der Waals surface area contributed by atoms with Crippen LogP contribution in [-0.2, 0) is 11.3 Å². The maximum Gasteiger partial charge on any atom is 0.417 e. The normalized spacial score (nSPS) is 18.1. The Morgan fingerprint density at radius 3 is 2.89 bits per heavy atom. The van der Waals surface area contributed by atoms with Gasteiger partial charge in [0.2, 0.25) is 0 Å². The fourth-order valence-electron chi connectivity index (χ4n) is 3.54. The van der Waals surface area contributed by atoms with Gasteiger partial charge >= 0.3 is 5.76 Å². The third kappa shape index (κ3) is 4.32. The summed E-state index contributed by atoms with van der Waals surface area (Å²) >= 11 is 0. The van der Waals surface area contributed by atoms with Crippen LogP contribution in [0.25, 0.3) is 11.1 Å². The minimum absolute atomic E-state index is 0.0854. The summed E-state index contributed by atoms with van der Waals surface area (Å²) in [6, 6.07) is 15.4. The summed E-state index contributed by atoms with van der Waals surface area (Å²) in [4.78, 5) is 29.0. The molecule has 1 atom stereocenters. The summed E-state index contributed by atoms with van der Waals surface area (Å²) in [6.45, 7) is 3.67. The Hall–Kier alpha value is -2.90. The van der Waals surface area contributed by atoms with Gasteiger partial charge in [-0.05, 0) is 24.1 Å². The number of nitrogens with one attached hydrogen (secondary N) is 2. The number of aromatic nitrogens is 1. The molecule has 0 aliphatic carbocycles. The highest BCUT2D eigenvalue weighted by molar-refractivity contribution is 6.04. The molecule has 1 aliphatic rings. The van der Waals surface area contributed by atoms with Crippen LogP contribution < -0.4 is 11.1 Å². The van der Waals surface area contributed by atoms with Crippen molar-refractivity contribution in [3.63, 3.8) is 0 Å². The SMILES string of the molecule is O=C(NCC1CN(Cc2ccccc2)CCCO1)c1cccc2oc(=O)[nH]c12. The van der Waals surface area contributed by atoms with E-state index in [1.165, 1.54) is 5.56 Å². The van der Waals surface area contributed by atoms with Crippen molar-refractivity contribution in [2.75, 3.05) is 26.2 Å². The number of amides is 1. The molecule has 7 heteroatoms. The van der Waals surface area contributed by atoms with Crippen LogP contribution in [0.5, 0.6) is 0 Å². The number of oxazole rings is 1. The second-order valence-corrected chi connectivity index (χ2v) is 6.97. The standard InChI is InChI=1S/C21H23N3O4/c25-20(17-8-4-9-18-19(17)23-21(26)28-18)22-12-16-14-24(10-5-11-27-16)13-15-6-2-1-3-7-15/h1-4,6-9,16H,5,10-14H2,(H,22,25)(H,23,26). The Morgan fingerprint density at radius 1 is 1.18 bits per heavy atom. The highest BCUT2D eigenvalue weighted by atomic mass is 16.5. The molecule has 2 aromatic carbocycles. The Labute approximate surface area is 162 Å². The maximum atomic E-state index is 12.6. The van der Waals surface area contributed by atoms with Gasteiger partial charge in [-0.25, -0.2) is 4.79 Å². The predicted octanol–water partition coefficient (Wildman–Crippen LogP) is 2.14. The molecule has 1 unspecified atom stereocenters. The van der Waals surface area contributed by atoms with Gasteiger partial charge in [-0.1, -0.05) is 36.4 Å². The van der Waals surface area contributed by atoms with Crippen LogP contribution in [0.15, 0.2) is 57.7 Å². The third-order valence-corrected chi connectivity index (χ3v) is 4.87. The molecule has 1 fully saturated rings. The van der Waals surface area contributed by atoms with Crippen molar-refractivity contribution in [1.82, 2.24) is 15.2 Å². The Bertz CT molecular complexity index is 996. The average molecular weight is 381 g/mol. The van der Waals surface area contributed by atoms with E-state index in [4.69, 9.17) is 9.15 Å². The molecule has 0 saturated carbocycles. The van der Waals surface area contributed by atoms with E-state index in [2.05, 4.69) is 27.3 Å². The monoisotopic (exact) mass is 381 g/mol. The van der Waals surface area contributed by atoms with Crippen LogP contribution in [0.2, 0.25) is 0 Å². The molecule has 0 bridgehead atoms. The highest BCUT2D eigenvalue weighted by Gasteiger charge is 2.21. The van der Waals surface area contributed by atoms with Gasteiger partial charge in [0.05, 0.1) is 17.2 Å². The Morgan fingerprint density at radius 2 is 2.04 bits per heavy atom. The van der Waals surface area contributed by atoms with Crippen LogP contribution in [-0.4, -0.2) is 48.1 Å². The van der Waals surface area contributed by atoms with Gasteiger partial charge in [-0.15, -0.1) is 0 Å². The summed E-state index contributed by atoms with van der Waals surface area (Å²) in [7, 11) is 0. The van der Waals surface area contributed by atoms with E-state index >= 15 is 0 Å². The number of fused-ring (bicyclic) bond motifs is 1. The van der Waals surface area contributed by atoms with Crippen molar-refractivity contribution in [3.05, 3.63) is 70.2 Å². The lowest BCUT2D eigenvalue weighted by atomic mass is 10.1. The van der Waals surface area contributed by atoms with Crippen molar-refractivity contribution in [2.45, 2.75) is 19.1 Å². The minimum Gasteiger partial charge on any atom is -0.408 e. The van der Waals surface area contributed by atoms with E-state index in [0.717, 1.165) is 26.1 Å². The molecular formula is C21H23N3O4. The Balaban J connectivity index is 1.39. The van der Waals surface area contributed by atoms with Gasteiger partial charge in [0.25, 0.3) is 5.91 Å². The molecule has 4 rings (SSSR count). The van der Waals surface area contributed by atoms with E-state index in [0.29, 0.717) is 29.8 Å². The predicted molar refractivity (Wildman–Crippen MR) is 105 cm³/mol. The molecule has 2 heterocycles. The fraction of sp³-hybridized carbons (Fsp3) is 0.333. The molecular weight excluding hydrogens is 358 g/mol. The lowest BCUT2D eigenvalue weighted by molar-refractivity contribution is 0.0511. The van der Waals surface area contributed by atoms with Gasteiger partial charge < -0.3 is 14.5 Å². The van der Waals surface area contributed by atoms with Gasteiger partial charge in [0.15, 0.2) is 5.58 Å². The maximum absolute atomic E-state index is 12.6. The molecule has 1 saturated heterocycles. The van der Waals surface area contributed by atoms with E-state index in [9.17, 15) is 9.59 Å². The number of carbonyl (C=O) groups excluding carboxylic acids is 1. The first-order chi connectivity index (χ1) is 13.7. The quantitative estimate of drug-likeness (QED) is 0.707. The highest BCUT2D eigenvalue weighted by Crippen LogP contribution is 2.15. The number of aromatic amines is 1. The van der Waals surface area contributed by atoms with Crippen molar-refractivity contribution in [1.29, 1.82) is 0 Å². The molecule has 0 spiro atoms. The first-order valence-electron chi connectivity index (χ1n) is 9.47. The Kier molecular flexibility index (Phi) is 5.55. The van der Waals surface area contributed by atoms with Crippen LogP contribution in [0.3, 0.4) is 0 Å². The van der Waals surface area contributed by atoms with Crippen LogP contribution in [0.4, 0.5) is 0 Å². The first-order valence-corrected chi connectivity index (χ1v) is 9.47. The fourth-order valence-corrected chi connectivity index (χ4v) is 3.54. The van der Waals surface area contributed by atoms with E-state index in [-0.39, 0.29) is 12.0 Å². The number of rotatable bonds is 5. The number of para-hydroxylation sites is 1. The summed E-state index contributed by atoms with van der Waals surface area (Å²) < 4.78 is 10.9. The zero-order chi connectivity index (χ0) is 19.3. The topological polar surface area (TPSA) is 87.6 Å². The summed E-state index contributed by atoms with van der Waals surface area (Å²) in [5.41, 5.74) is 2.44. The molecule has 28 heavy (non-hydrogen) atoms. The smallest absolute Gasteiger partial charge is 0.408 e. The van der Waals surface area contributed by atoms with Crippen molar-refractivity contribution in [2.24, 2.45) is 0 Å². The van der Waals surface area contributed by atoms with Crippen LogP contribution in [0, 0.1) is 0 Å². The van der Waals surface area contributed by atoms with Crippen molar-refractivity contribution < 1.29 is 13.9 Å². The summed E-state index contributed by atoms with van der Waals surface area (Å²) in [5.74, 6) is -0.830. The number of nitrogens with zero attached hydrogens (tertiary/aromatic N) is 1. The van der Waals surface area contributed by atoms with Gasteiger partial charge in [0.1, 0.15) is 0 Å². The molecule has 7 nitrogen and oxygen atoms in total. The average Bonchev–Trinajstić information content (AvgIpc) is 2.95. The third-order valence-electron chi connectivity index (χ3n) is 4.87. The van der Waals surface area contributed by atoms with Gasteiger partial charge in [-0.2, -0.15) is 0 Å². The summed E-state index contributed by atoms with van der Waals surface area (Å²) in [5, 5.41) is 2.93. The van der Waals surface area contributed by atoms with Crippen molar-refractivity contribution in [3.8, 4) is 0 Å². The van der Waals surface area contributed by atoms with Gasteiger partial charge in [-0.3, -0.25) is 14.7 Å². The second kappa shape index (κ2) is 8.41. The lowest BCUT2D eigenvalue weighted by Gasteiger charge is -2.24. The number of hydrogen-bond donors (Lipinski definition) is 2. The van der Waals surface area contributed by atoms with Gasteiger partial charge in [0, 0.05) is 32.8 Å². The number of carbonyl (C=O) groups is 1. The van der Waals surface area contributed by atoms with Crippen LogP contribution >= 0.6 is 0 Å². The summed E-state index contributed by atoms with van der Waals surface area (Å²) in [6.07, 6.45) is 0.880. The molecule has 1 amide bonds.